The third kappa shape index (κ3) is 2.99. The summed E-state index contributed by atoms with van der Waals surface area (Å²) in [5.41, 5.74) is 3.79. The largest absolute Gasteiger partial charge is 0.345 e. The Labute approximate surface area is 108 Å². The van der Waals surface area contributed by atoms with E-state index >= 15 is 0 Å². The summed E-state index contributed by atoms with van der Waals surface area (Å²) in [5, 5.41) is 3.49. The Balaban J connectivity index is 1.60. The van der Waals surface area contributed by atoms with Crippen molar-refractivity contribution in [3.8, 4) is 0 Å². The van der Waals surface area contributed by atoms with Gasteiger partial charge in [0.2, 0.25) is 0 Å². The zero-order chi connectivity index (χ0) is 12.4. The number of hydrogen-bond donors (Lipinski definition) is 2. The van der Waals surface area contributed by atoms with Crippen LogP contribution in [0, 0.1) is 6.92 Å². The summed E-state index contributed by atoms with van der Waals surface area (Å²) in [4.78, 5) is 7.82. The molecule has 1 fully saturated rings. The molecule has 0 unspecified atom stereocenters. The van der Waals surface area contributed by atoms with Crippen LogP contribution < -0.4 is 5.32 Å². The van der Waals surface area contributed by atoms with E-state index in [1.165, 1.54) is 29.7 Å². The number of aryl methyl sites for hydroxylation is 1. The normalized spacial score (nSPS) is 14.9. The maximum Gasteiger partial charge on any atom is 0.110 e. The summed E-state index contributed by atoms with van der Waals surface area (Å²) in [5.74, 6) is 1.05. The topological polar surface area (TPSA) is 40.7 Å². The molecular formula is C15H19N3. The zero-order valence-electron chi connectivity index (χ0n) is 10.7. The molecule has 18 heavy (non-hydrogen) atoms. The monoisotopic (exact) mass is 241 g/mol. The van der Waals surface area contributed by atoms with Gasteiger partial charge in [-0.2, -0.15) is 0 Å². The first-order valence-corrected chi connectivity index (χ1v) is 6.61. The van der Waals surface area contributed by atoms with Gasteiger partial charge >= 0.3 is 0 Å². The minimum Gasteiger partial charge on any atom is -0.345 e. The van der Waals surface area contributed by atoms with Gasteiger partial charge in [0.15, 0.2) is 0 Å². The van der Waals surface area contributed by atoms with Gasteiger partial charge in [-0.1, -0.05) is 29.8 Å². The summed E-state index contributed by atoms with van der Waals surface area (Å²) in [6.07, 6.45) is 5.47. The second kappa shape index (κ2) is 4.94. The number of H-pyrrole nitrogens is 1. The molecule has 0 amide bonds. The number of hydrogen-bond acceptors (Lipinski definition) is 2. The minimum atomic E-state index is 0.744. The Hall–Kier alpha value is -1.61. The van der Waals surface area contributed by atoms with Crippen LogP contribution in [0.3, 0.4) is 0 Å². The molecule has 0 spiro atoms. The number of nitrogens with zero attached hydrogens (tertiary/aromatic N) is 1. The zero-order valence-corrected chi connectivity index (χ0v) is 10.7. The lowest BCUT2D eigenvalue weighted by Crippen LogP contribution is -2.15. The van der Waals surface area contributed by atoms with Crippen LogP contribution in [0.1, 0.15) is 35.5 Å². The number of rotatable bonds is 5. The maximum atomic E-state index is 4.44. The van der Waals surface area contributed by atoms with Crippen molar-refractivity contribution in [1.82, 2.24) is 15.3 Å². The molecule has 0 saturated heterocycles. The molecular weight excluding hydrogens is 222 g/mol. The Bertz CT molecular complexity index is 509. The quantitative estimate of drug-likeness (QED) is 0.844. The van der Waals surface area contributed by atoms with Crippen molar-refractivity contribution in [2.75, 3.05) is 0 Å². The number of aromatic amines is 1. The van der Waals surface area contributed by atoms with Crippen molar-refractivity contribution >= 4 is 0 Å². The Morgan fingerprint density at radius 3 is 2.78 bits per heavy atom. The SMILES string of the molecule is Cc1ccc(Cc2ncc(CNC3CC3)[nH]2)cc1. The summed E-state index contributed by atoms with van der Waals surface area (Å²) in [7, 11) is 0. The van der Waals surface area contributed by atoms with E-state index in [1.807, 2.05) is 6.20 Å². The fraction of sp³-hybridized carbons (Fsp3) is 0.400. The molecule has 1 aliphatic rings. The number of aromatic nitrogens is 2. The standard InChI is InChI=1S/C15H19N3/c1-11-2-4-12(5-3-11)8-15-17-10-14(18-15)9-16-13-6-7-13/h2-5,10,13,16H,6-9H2,1H3,(H,17,18). The van der Waals surface area contributed by atoms with E-state index in [1.54, 1.807) is 0 Å². The molecule has 94 valence electrons. The number of nitrogens with one attached hydrogen (secondary N) is 2. The van der Waals surface area contributed by atoms with Gasteiger partial charge in [0.25, 0.3) is 0 Å². The molecule has 0 bridgehead atoms. The highest BCUT2D eigenvalue weighted by molar-refractivity contribution is 5.24. The third-order valence-corrected chi connectivity index (χ3v) is 3.33. The molecule has 1 aliphatic carbocycles. The summed E-state index contributed by atoms with van der Waals surface area (Å²) in [6.45, 7) is 3.02. The number of imidazole rings is 1. The van der Waals surface area contributed by atoms with Gasteiger partial charge in [-0.15, -0.1) is 0 Å². The van der Waals surface area contributed by atoms with Gasteiger partial charge in [0.1, 0.15) is 5.82 Å². The van der Waals surface area contributed by atoms with Gasteiger partial charge in [0, 0.05) is 30.9 Å². The first-order valence-electron chi connectivity index (χ1n) is 6.61. The van der Waals surface area contributed by atoms with Crippen molar-refractivity contribution in [2.24, 2.45) is 0 Å². The van der Waals surface area contributed by atoms with Crippen molar-refractivity contribution in [1.29, 1.82) is 0 Å². The van der Waals surface area contributed by atoms with E-state index in [2.05, 4.69) is 46.5 Å². The molecule has 3 rings (SSSR count). The van der Waals surface area contributed by atoms with Crippen LogP contribution >= 0.6 is 0 Å². The van der Waals surface area contributed by atoms with E-state index < -0.39 is 0 Å². The molecule has 1 aromatic heterocycles. The summed E-state index contributed by atoms with van der Waals surface area (Å²) in [6, 6.07) is 9.37. The van der Waals surface area contributed by atoms with Gasteiger partial charge in [-0.3, -0.25) is 0 Å². The van der Waals surface area contributed by atoms with E-state index in [4.69, 9.17) is 0 Å². The lowest BCUT2D eigenvalue weighted by Gasteiger charge is -2.00. The lowest BCUT2D eigenvalue weighted by molar-refractivity contribution is 0.676. The van der Waals surface area contributed by atoms with Crippen LogP contribution in [0.4, 0.5) is 0 Å². The highest BCUT2D eigenvalue weighted by atomic mass is 15.0. The van der Waals surface area contributed by atoms with Crippen molar-refractivity contribution in [3.05, 3.63) is 53.1 Å². The van der Waals surface area contributed by atoms with Crippen molar-refractivity contribution < 1.29 is 0 Å². The lowest BCUT2D eigenvalue weighted by atomic mass is 10.1. The highest BCUT2D eigenvalue weighted by Gasteiger charge is 2.20. The molecule has 2 aromatic rings. The smallest absolute Gasteiger partial charge is 0.110 e. The predicted molar refractivity (Wildman–Crippen MR) is 72.4 cm³/mol. The van der Waals surface area contributed by atoms with Crippen LogP contribution in [-0.4, -0.2) is 16.0 Å². The van der Waals surface area contributed by atoms with Crippen LogP contribution in [0.5, 0.6) is 0 Å². The van der Waals surface area contributed by atoms with Gasteiger partial charge in [0.05, 0.1) is 0 Å². The third-order valence-electron chi connectivity index (χ3n) is 3.33. The molecule has 1 saturated carbocycles. The molecule has 0 atom stereocenters. The minimum absolute atomic E-state index is 0.744. The fourth-order valence-electron chi connectivity index (χ4n) is 2.03. The Morgan fingerprint density at radius 2 is 2.06 bits per heavy atom. The first kappa shape index (κ1) is 11.5. The summed E-state index contributed by atoms with van der Waals surface area (Å²) >= 11 is 0. The van der Waals surface area contributed by atoms with Gasteiger partial charge < -0.3 is 10.3 Å². The Morgan fingerprint density at radius 1 is 1.28 bits per heavy atom. The van der Waals surface area contributed by atoms with Crippen LogP contribution in [0.2, 0.25) is 0 Å². The molecule has 0 aliphatic heterocycles. The Kier molecular flexibility index (Phi) is 3.15. The van der Waals surface area contributed by atoms with E-state index in [9.17, 15) is 0 Å². The average Bonchev–Trinajstić information content (AvgIpc) is 3.10. The van der Waals surface area contributed by atoms with E-state index in [0.29, 0.717) is 0 Å². The van der Waals surface area contributed by atoms with E-state index in [0.717, 1.165) is 24.8 Å². The molecule has 3 nitrogen and oxygen atoms in total. The van der Waals surface area contributed by atoms with Crippen molar-refractivity contribution in [3.63, 3.8) is 0 Å². The molecule has 3 heteroatoms. The van der Waals surface area contributed by atoms with Crippen LogP contribution in [0.15, 0.2) is 30.5 Å². The average molecular weight is 241 g/mol. The maximum absolute atomic E-state index is 4.44. The fourth-order valence-corrected chi connectivity index (χ4v) is 2.03. The molecule has 1 heterocycles. The predicted octanol–water partition coefficient (Wildman–Crippen LogP) is 2.56. The highest BCUT2D eigenvalue weighted by Crippen LogP contribution is 2.19. The second-order valence-corrected chi connectivity index (χ2v) is 5.17. The van der Waals surface area contributed by atoms with Gasteiger partial charge in [-0.05, 0) is 25.3 Å². The molecule has 2 N–H and O–H groups in total. The van der Waals surface area contributed by atoms with Gasteiger partial charge in [-0.25, -0.2) is 4.98 Å². The molecule has 1 aromatic carbocycles. The van der Waals surface area contributed by atoms with E-state index in [-0.39, 0.29) is 0 Å². The summed E-state index contributed by atoms with van der Waals surface area (Å²) < 4.78 is 0. The van der Waals surface area contributed by atoms with Crippen LogP contribution in [0.25, 0.3) is 0 Å². The number of benzene rings is 1. The molecule has 0 radical (unpaired) electrons. The van der Waals surface area contributed by atoms with Crippen LogP contribution in [-0.2, 0) is 13.0 Å². The second-order valence-electron chi connectivity index (χ2n) is 5.17. The first-order chi connectivity index (χ1) is 8.79. The van der Waals surface area contributed by atoms with Crippen molar-refractivity contribution in [2.45, 2.75) is 38.8 Å².